The number of benzene rings is 1. The molecule has 1 saturated heterocycles. The molecular formula is C13H15N3OS. The summed E-state index contributed by atoms with van der Waals surface area (Å²) in [7, 11) is 2.01. The van der Waals surface area contributed by atoms with Gasteiger partial charge in [0.1, 0.15) is 0 Å². The molecule has 0 amide bonds. The Hall–Kier alpha value is -1.33. The molecule has 0 saturated carbocycles. The first-order valence-corrected chi connectivity index (χ1v) is 6.93. The van der Waals surface area contributed by atoms with Crippen LogP contribution in [-0.2, 0) is 11.8 Å². The van der Waals surface area contributed by atoms with Gasteiger partial charge in [-0.25, -0.2) is 0 Å². The van der Waals surface area contributed by atoms with Gasteiger partial charge >= 0.3 is 0 Å². The van der Waals surface area contributed by atoms with Crippen molar-refractivity contribution in [3.05, 3.63) is 29.8 Å². The SMILES string of the molecule is Cc1cccc(-c2nnc(SCC3CO3)n2C)c1. The first kappa shape index (κ1) is 11.7. The summed E-state index contributed by atoms with van der Waals surface area (Å²) >= 11 is 1.70. The van der Waals surface area contributed by atoms with Crippen molar-refractivity contribution in [3.8, 4) is 11.4 Å². The predicted octanol–water partition coefficient (Wildman–Crippen LogP) is 2.28. The van der Waals surface area contributed by atoms with Crippen LogP contribution in [0, 0.1) is 6.92 Å². The first-order chi connectivity index (χ1) is 8.74. The van der Waals surface area contributed by atoms with Crippen LogP contribution in [0.1, 0.15) is 5.56 Å². The van der Waals surface area contributed by atoms with Gasteiger partial charge in [-0.2, -0.15) is 0 Å². The molecule has 0 aliphatic carbocycles. The summed E-state index contributed by atoms with van der Waals surface area (Å²) in [6, 6.07) is 8.32. The van der Waals surface area contributed by atoms with Crippen LogP contribution in [0.5, 0.6) is 0 Å². The third-order valence-corrected chi connectivity index (χ3v) is 4.06. The van der Waals surface area contributed by atoms with Crippen molar-refractivity contribution in [1.82, 2.24) is 14.8 Å². The maximum Gasteiger partial charge on any atom is 0.191 e. The number of rotatable bonds is 4. The Morgan fingerprint density at radius 2 is 2.28 bits per heavy atom. The summed E-state index contributed by atoms with van der Waals surface area (Å²) in [5.74, 6) is 1.87. The number of epoxide rings is 1. The molecule has 0 spiro atoms. The van der Waals surface area contributed by atoms with Crippen molar-refractivity contribution in [2.45, 2.75) is 18.2 Å². The molecular weight excluding hydrogens is 246 g/mol. The normalized spacial score (nSPS) is 18.0. The van der Waals surface area contributed by atoms with Crippen LogP contribution in [0.3, 0.4) is 0 Å². The highest BCUT2D eigenvalue weighted by Gasteiger charge is 2.23. The number of hydrogen-bond acceptors (Lipinski definition) is 4. The summed E-state index contributed by atoms with van der Waals surface area (Å²) in [4.78, 5) is 0. The molecule has 2 heterocycles. The van der Waals surface area contributed by atoms with E-state index in [2.05, 4.69) is 35.3 Å². The average molecular weight is 261 g/mol. The van der Waals surface area contributed by atoms with E-state index in [1.807, 2.05) is 17.7 Å². The molecule has 0 radical (unpaired) electrons. The van der Waals surface area contributed by atoms with E-state index in [0.717, 1.165) is 28.9 Å². The molecule has 1 unspecified atom stereocenters. The Morgan fingerprint density at radius 3 is 3.00 bits per heavy atom. The van der Waals surface area contributed by atoms with Crippen molar-refractivity contribution >= 4 is 11.8 Å². The van der Waals surface area contributed by atoms with E-state index >= 15 is 0 Å². The number of hydrogen-bond donors (Lipinski definition) is 0. The van der Waals surface area contributed by atoms with Gasteiger partial charge in [0.2, 0.25) is 0 Å². The highest BCUT2D eigenvalue weighted by Crippen LogP contribution is 2.26. The molecule has 1 atom stereocenters. The number of nitrogens with zero attached hydrogens (tertiary/aromatic N) is 3. The van der Waals surface area contributed by atoms with Crippen molar-refractivity contribution in [1.29, 1.82) is 0 Å². The minimum atomic E-state index is 0.411. The van der Waals surface area contributed by atoms with Gasteiger partial charge in [0.05, 0.1) is 12.7 Å². The first-order valence-electron chi connectivity index (χ1n) is 5.95. The Balaban J connectivity index is 1.83. The summed E-state index contributed by atoms with van der Waals surface area (Å²) in [6.45, 7) is 2.97. The summed E-state index contributed by atoms with van der Waals surface area (Å²) in [5, 5.41) is 9.46. The van der Waals surface area contributed by atoms with Crippen LogP contribution >= 0.6 is 11.8 Å². The second-order valence-electron chi connectivity index (χ2n) is 4.50. The Labute approximate surface area is 110 Å². The van der Waals surface area contributed by atoms with Crippen LogP contribution < -0.4 is 0 Å². The molecule has 1 aromatic carbocycles. The average Bonchev–Trinajstić information content (AvgIpc) is 3.11. The quantitative estimate of drug-likeness (QED) is 0.625. The lowest BCUT2D eigenvalue weighted by Gasteiger charge is -2.03. The number of ether oxygens (including phenoxy) is 1. The van der Waals surface area contributed by atoms with E-state index in [1.54, 1.807) is 11.8 Å². The third-order valence-electron chi connectivity index (χ3n) is 2.91. The predicted molar refractivity (Wildman–Crippen MR) is 71.6 cm³/mol. The molecule has 0 bridgehead atoms. The lowest BCUT2D eigenvalue weighted by Crippen LogP contribution is -1.97. The molecule has 2 aromatic rings. The monoisotopic (exact) mass is 261 g/mol. The van der Waals surface area contributed by atoms with Crippen LogP contribution in [0.15, 0.2) is 29.4 Å². The summed E-state index contributed by atoms with van der Waals surface area (Å²) < 4.78 is 7.24. The molecule has 94 valence electrons. The zero-order valence-electron chi connectivity index (χ0n) is 10.5. The van der Waals surface area contributed by atoms with E-state index in [4.69, 9.17) is 4.74 Å². The van der Waals surface area contributed by atoms with Gasteiger partial charge in [0, 0.05) is 18.4 Å². The summed E-state index contributed by atoms with van der Waals surface area (Å²) in [5.41, 5.74) is 2.34. The number of thioether (sulfide) groups is 1. The van der Waals surface area contributed by atoms with E-state index < -0.39 is 0 Å². The number of aryl methyl sites for hydroxylation is 1. The van der Waals surface area contributed by atoms with Gasteiger partial charge in [-0.15, -0.1) is 10.2 Å². The van der Waals surface area contributed by atoms with Gasteiger partial charge < -0.3 is 9.30 Å². The summed E-state index contributed by atoms with van der Waals surface area (Å²) in [6.07, 6.45) is 0.411. The third kappa shape index (κ3) is 2.42. The highest BCUT2D eigenvalue weighted by molar-refractivity contribution is 7.99. The fourth-order valence-electron chi connectivity index (χ4n) is 1.81. The largest absolute Gasteiger partial charge is 0.372 e. The van der Waals surface area contributed by atoms with Gasteiger partial charge in [-0.05, 0) is 13.0 Å². The molecule has 1 aliphatic heterocycles. The Bertz CT molecular complexity index is 563. The second-order valence-corrected chi connectivity index (χ2v) is 5.49. The van der Waals surface area contributed by atoms with E-state index in [-0.39, 0.29) is 0 Å². The van der Waals surface area contributed by atoms with Crippen molar-refractivity contribution in [2.24, 2.45) is 7.05 Å². The molecule has 1 fully saturated rings. The molecule has 1 aromatic heterocycles. The zero-order valence-corrected chi connectivity index (χ0v) is 11.3. The molecule has 3 rings (SSSR count). The lowest BCUT2D eigenvalue weighted by atomic mass is 10.1. The fraction of sp³-hybridized carbons (Fsp3) is 0.385. The van der Waals surface area contributed by atoms with Crippen molar-refractivity contribution in [3.63, 3.8) is 0 Å². The van der Waals surface area contributed by atoms with Crippen molar-refractivity contribution in [2.75, 3.05) is 12.4 Å². The second kappa shape index (κ2) is 4.74. The minimum Gasteiger partial charge on any atom is -0.372 e. The van der Waals surface area contributed by atoms with Crippen LogP contribution in [0.4, 0.5) is 0 Å². The van der Waals surface area contributed by atoms with Crippen LogP contribution in [-0.4, -0.2) is 33.2 Å². The fourth-order valence-corrected chi connectivity index (χ4v) is 2.71. The van der Waals surface area contributed by atoms with E-state index in [9.17, 15) is 0 Å². The van der Waals surface area contributed by atoms with Gasteiger partial charge in [0.15, 0.2) is 11.0 Å². The van der Waals surface area contributed by atoms with Crippen molar-refractivity contribution < 1.29 is 4.74 Å². The smallest absolute Gasteiger partial charge is 0.191 e. The molecule has 4 nitrogen and oxygen atoms in total. The molecule has 1 aliphatic rings. The molecule has 0 N–H and O–H groups in total. The highest BCUT2D eigenvalue weighted by atomic mass is 32.2. The zero-order chi connectivity index (χ0) is 12.5. The Morgan fingerprint density at radius 1 is 1.44 bits per heavy atom. The van der Waals surface area contributed by atoms with Crippen LogP contribution in [0.25, 0.3) is 11.4 Å². The Kier molecular flexibility index (Phi) is 3.09. The standard InChI is InChI=1S/C13H15N3OS/c1-9-4-3-5-10(6-9)12-14-15-13(16(12)2)18-8-11-7-17-11/h3-6,11H,7-8H2,1-2H3. The van der Waals surface area contributed by atoms with Gasteiger partial charge in [-0.1, -0.05) is 35.5 Å². The van der Waals surface area contributed by atoms with E-state index in [0.29, 0.717) is 6.10 Å². The van der Waals surface area contributed by atoms with Gasteiger partial charge in [0.25, 0.3) is 0 Å². The topological polar surface area (TPSA) is 43.2 Å². The number of aromatic nitrogens is 3. The lowest BCUT2D eigenvalue weighted by molar-refractivity contribution is 0.426. The molecule has 18 heavy (non-hydrogen) atoms. The van der Waals surface area contributed by atoms with Gasteiger partial charge in [-0.3, -0.25) is 0 Å². The maximum absolute atomic E-state index is 5.20. The minimum absolute atomic E-state index is 0.411. The van der Waals surface area contributed by atoms with E-state index in [1.165, 1.54) is 5.56 Å². The maximum atomic E-state index is 5.20. The molecule has 5 heteroatoms. The van der Waals surface area contributed by atoms with Crippen LogP contribution in [0.2, 0.25) is 0 Å².